The standard InChI is InChI=1S/C12H20N2O2S/c1-8-5-14(7-12(3,4)16-8)11-13-9(2)10(6-15)17-11/h8,15H,5-7H2,1-4H3. The quantitative estimate of drug-likeness (QED) is 0.878. The van der Waals surface area contributed by atoms with Gasteiger partial charge in [0, 0.05) is 13.1 Å². The molecule has 1 aromatic heterocycles. The van der Waals surface area contributed by atoms with Crippen molar-refractivity contribution < 1.29 is 9.84 Å². The Morgan fingerprint density at radius 3 is 2.82 bits per heavy atom. The molecule has 2 rings (SSSR count). The number of ether oxygens (including phenoxy) is 1. The van der Waals surface area contributed by atoms with E-state index in [9.17, 15) is 5.11 Å². The van der Waals surface area contributed by atoms with E-state index < -0.39 is 0 Å². The first-order valence-corrected chi connectivity index (χ1v) is 6.73. The molecule has 96 valence electrons. The van der Waals surface area contributed by atoms with Crippen molar-refractivity contribution >= 4 is 16.5 Å². The van der Waals surface area contributed by atoms with Crippen LogP contribution >= 0.6 is 11.3 Å². The number of aromatic nitrogens is 1. The first kappa shape index (κ1) is 12.8. The van der Waals surface area contributed by atoms with Crippen molar-refractivity contribution in [3.63, 3.8) is 0 Å². The largest absolute Gasteiger partial charge is 0.391 e. The Balaban J connectivity index is 2.21. The maximum Gasteiger partial charge on any atom is 0.186 e. The fraction of sp³-hybridized carbons (Fsp3) is 0.750. The molecule has 1 aromatic rings. The second-order valence-corrected chi connectivity index (χ2v) is 6.29. The zero-order valence-corrected chi connectivity index (χ0v) is 11.7. The normalized spacial score (nSPS) is 24.1. The van der Waals surface area contributed by atoms with E-state index in [4.69, 9.17) is 4.74 Å². The second-order valence-electron chi connectivity index (χ2n) is 5.23. The summed E-state index contributed by atoms with van der Waals surface area (Å²) >= 11 is 1.58. The summed E-state index contributed by atoms with van der Waals surface area (Å²) < 4.78 is 5.87. The third-order valence-corrected chi connectivity index (χ3v) is 4.07. The molecule has 5 heteroatoms. The first-order chi connectivity index (χ1) is 7.91. The zero-order valence-electron chi connectivity index (χ0n) is 10.9. The van der Waals surface area contributed by atoms with Crippen LogP contribution in [0.25, 0.3) is 0 Å². The number of hydrogen-bond donors (Lipinski definition) is 1. The molecule has 0 radical (unpaired) electrons. The molecule has 0 aromatic carbocycles. The van der Waals surface area contributed by atoms with Crippen molar-refractivity contribution in [1.82, 2.24) is 4.98 Å². The van der Waals surface area contributed by atoms with Gasteiger partial charge in [-0.25, -0.2) is 4.98 Å². The summed E-state index contributed by atoms with van der Waals surface area (Å²) in [5.74, 6) is 0. The molecule has 2 heterocycles. The maximum absolute atomic E-state index is 9.21. The van der Waals surface area contributed by atoms with Crippen LogP contribution in [-0.2, 0) is 11.3 Å². The van der Waals surface area contributed by atoms with Crippen molar-refractivity contribution in [3.05, 3.63) is 10.6 Å². The molecule has 1 aliphatic heterocycles. The van der Waals surface area contributed by atoms with Gasteiger partial charge in [0.15, 0.2) is 5.13 Å². The highest BCUT2D eigenvalue weighted by atomic mass is 32.1. The van der Waals surface area contributed by atoms with Gasteiger partial charge in [0.2, 0.25) is 0 Å². The SMILES string of the molecule is Cc1nc(N2CC(C)OC(C)(C)C2)sc1CO. The molecule has 1 N–H and O–H groups in total. The maximum atomic E-state index is 9.21. The number of aliphatic hydroxyl groups excluding tert-OH is 1. The molecule has 0 amide bonds. The minimum atomic E-state index is -0.142. The van der Waals surface area contributed by atoms with Gasteiger partial charge < -0.3 is 14.7 Å². The van der Waals surface area contributed by atoms with Crippen LogP contribution in [0.15, 0.2) is 0 Å². The molecule has 1 atom stereocenters. The minimum Gasteiger partial charge on any atom is -0.391 e. The van der Waals surface area contributed by atoms with Gasteiger partial charge in [-0.15, -0.1) is 0 Å². The predicted molar refractivity (Wildman–Crippen MR) is 69.6 cm³/mol. The van der Waals surface area contributed by atoms with Crippen LogP contribution in [0.4, 0.5) is 5.13 Å². The van der Waals surface area contributed by atoms with Gasteiger partial charge in [-0.2, -0.15) is 0 Å². The number of thiazole rings is 1. The molecular formula is C12H20N2O2S. The van der Waals surface area contributed by atoms with Crippen molar-refractivity contribution in [2.45, 2.75) is 46.0 Å². The molecule has 0 bridgehead atoms. The molecule has 17 heavy (non-hydrogen) atoms. The average molecular weight is 256 g/mol. The summed E-state index contributed by atoms with van der Waals surface area (Å²) in [6.45, 7) is 10.0. The van der Waals surface area contributed by atoms with Crippen molar-refractivity contribution in [3.8, 4) is 0 Å². The molecule has 0 spiro atoms. The van der Waals surface area contributed by atoms with E-state index in [1.165, 1.54) is 0 Å². The number of hydrogen-bond acceptors (Lipinski definition) is 5. The van der Waals surface area contributed by atoms with E-state index in [2.05, 4.69) is 30.7 Å². The fourth-order valence-electron chi connectivity index (χ4n) is 2.29. The van der Waals surface area contributed by atoms with Gasteiger partial charge in [0.25, 0.3) is 0 Å². The number of morpholine rings is 1. The van der Waals surface area contributed by atoms with Crippen molar-refractivity contribution in [2.75, 3.05) is 18.0 Å². The Hall–Kier alpha value is -0.650. The number of aryl methyl sites for hydroxylation is 1. The first-order valence-electron chi connectivity index (χ1n) is 5.91. The number of nitrogens with zero attached hydrogens (tertiary/aromatic N) is 2. The van der Waals surface area contributed by atoms with E-state index in [0.29, 0.717) is 0 Å². The van der Waals surface area contributed by atoms with Gasteiger partial charge in [0.1, 0.15) is 0 Å². The van der Waals surface area contributed by atoms with Crippen LogP contribution in [0, 0.1) is 6.92 Å². The van der Waals surface area contributed by atoms with Crippen LogP contribution in [0.3, 0.4) is 0 Å². The summed E-state index contributed by atoms with van der Waals surface area (Å²) in [4.78, 5) is 7.74. The Morgan fingerprint density at radius 2 is 2.29 bits per heavy atom. The lowest BCUT2D eigenvalue weighted by atomic mass is 10.1. The zero-order chi connectivity index (χ0) is 12.6. The Morgan fingerprint density at radius 1 is 1.59 bits per heavy atom. The molecule has 1 saturated heterocycles. The summed E-state index contributed by atoms with van der Waals surface area (Å²) in [5, 5.41) is 10.2. The molecular weight excluding hydrogens is 236 g/mol. The van der Waals surface area contributed by atoms with Crippen LogP contribution in [0.1, 0.15) is 31.3 Å². The van der Waals surface area contributed by atoms with Crippen LogP contribution in [0.5, 0.6) is 0 Å². The van der Waals surface area contributed by atoms with E-state index in [1.54, 1.807) is 11.3 Å². The van der Waals surface area contributed by atoms with Crippen LogP contribution < -0.4 is 4.90 Å². The highest BCUT2D eigenvalue weighted by Crippen LogP contribution is 2.30. The van der Waals surface area contributed by atoms with Crippen molar-refractivity contribution in [2.24, 2.45) is 0 Å². The molecule has 1 fully saturated rings. The fourth-order valence-corrected chi connectivity index (χ4v) is 3.22. The van der Waals surface area contributed by atoms with E-state index in [-0.39, 0.29) is 18.3 Å². The highest BCUT2D eigenvalue weighted by Gasteiger charge is 2.32. The number of rotatable bonds is 2. The second kappa shape index (κ2) is 4.55. The summed E-state index contributed by atoms with van der Waals surface area (Å²) in [6.07, 6.45) is 0.209. The summed E-state index contributed by atoms with van der Waals surface area (Å²) in [6, 6.07) is 0. The molecule has 1 aliphatic rings. The summed E-state index contributed by atoms with van der Waals surface area (Å²) in [7, 11) is 0. The molecule has 0 saturated carbocycles. The van der Waals surface area contributed by atoms with Crippen LogP contribution in [-0.4, -0.2) is 34.9 Å². The lowest BCUT2D eigenvalue weighted by Crippen LogP contribution is -2.52. The molecule has 0 aliphatic carbocycles. The minimum absolute atomic E-state index is 0.0762. The van der Waals surface area contributed by atoms with Gasteiger partial charge in [-0.1, -0.05) is 11.3 Å². The van der Waals surface area contributed by atoms with E-state index >= 15 is 0 Å². The average Bonchev–Trinajstić information content (AvgIpc) is 2.56. The Labute approximate surface area is 106 Å². The smallest absolute Gasteiger partial charge is 0.186 e. The third-order valence-electron chi connectivity index (χ3n) is 2.86. The highest BCUT2D eigenvalue weighted by molar-refractivity contribution is 7.15. The Kier molecular flexibility index (Phi) is 3.43. The van der Waals surface area contributed by atoms with Crippen molar-refractivity contribution in [1.29, 1.82) is 0 Å². The van der Waals surface area contributed by atoms with Gasteiger partial charge >= 0.3 is 0 Å². The van der Waals surface area contributed by atoms with E-state index in [0.717, 1.165) is 28.8 Å². The predicted octanol–water partition coefficient (Wildman–Crippen LogP) is 1.95. The van der Waals surface area contributed by atoms with Gasteiger partial charge in [-0.05, 0) is 27.7 Å². The lowest BCUT2D eigenvalue weighted by molar-refractivity contribution is -0.0749. The molecule has 4 nitrogen and oxygen atoms in total. The topological polar surface area (TPSA) is 45.6 Å². The number of anilines is 1. The third kappa shape index (κ3) is 2.78. The molecule has 1 unspecified atom stereocenters. The monoisotopic (exact) mass is 256 g/mol. The Bertz CT molecular complexity index is 403. The number of aliphatic hydroxyl groups is 1. The van der Waals surface area contributed by atoms with Gasteiger partial charge in [-0.3, -0.25) is 0 Å². The van der Waals surface area contributed by atoms with Crippen LogP contribution in [0.2, 0.25) is 0 Å². The van der Waals surface area contributed by atoms with E-state index in [1.807, 2.05) is 6.92 Å². The van der Waals surface area contributed by atoms with Gasteiger partial charge in [0.05, 0.1) is 28.9 Å². The lowest BCUT2D eigenvalue weighted by Gasteiger charge is -2.41. The summed E-state index contributed by atoms with van der Waals surface area (Å²) in [5.41, 5.74) is 0.792.